The van der Waals surface area contributed by atoms with Gasteiger partial charge in [0.25, 0.3) is 5.91 Å². The summed E-state index contributed by atoms with van der Waals surface area (Å²) in [4.78, 5) is 12.0. The molecule has 1 aromatic rings. The highest BCUT2D eigenvalue weighted by Crippen LogP contribution is 2.18. The van der Waals surface area contributed by atoms with Crippen molar-refractivity contribution in [2.24, 2.45) is 0 Å². The molecule has 16 heavy (non-hydrogen) atoms. The van der Waals surface area contributed by atoms with Crippen LogP contribution in [0.3, 0.4) is 0 Å². The number of hydrogen-bond donors (Lipinski definition) is 1. The van der Waals surface area contributed by atoms with Gasteiger partial charge in [0.05, 0.1) is 0 Å². The Labute approximate surface area is 96.0 Å². The van der Waals surface area contributed by atoms with Gasteiger partial charge in [-0.1, -0.05) is 19.8 Å². The molecule has 0 bridgehead atoms. The predicted molar refractivity (Wildman–Crippen MR) is 62.2 cm³/mol. The van der Waals surface area contributed by atoms with Gasteiger partial charge < -0.3 is 5.32 Å². The topological polar surface area (TPSA) is 46.9 Å². The summed E-state index contributed by atoms with van der Waals surface area (Å²) in [5.41, 5.74) is 0.689. The minimum absolute atomic E-state index is 0.0258. The number of hydrogen-bond acceptors (Lipinski definition) is 2. The Bertz CT molecular complexity index is 353. The molecule has 0 radical (unpaired) electrons. The van der Waals surface area contributed by atoms with E-state index >= 15 is 0 Å². The first-order valence-corrected chi connectivity index (χ1v) is 6.14. The zero-order valence-electron chi connectivity index (χ0n) is 9.78. The van der Waals surface area contributed by atoms with Gasteiger partial charge in [0.15, 0.2) is 0 Å². The van der Waals surface area contributed by atoms with Crippen molar-refractivity contribution in [1.82, 2.24) is 15.1 Å². The Kier molecular flexibility index (Phi) is 3.59. The van der Waals surface area contributed by atoms with E-state index in [-0.39, 0.29) is 5.91 Å². The third-order valence-corrected chi connectivity index (χ3v) is 3.07. The Hall–Kier alpha value is -1.32. The maximum absolute atomic E-state index is 12.0. The molecule has 4 heteroatoms. The number of nitrogens with zero attached hydrogens (tertiary/aromatic N) is 2. The van der Waals surface area contributed by atoms with Crippen molar-refractivity contribution < 1.29 is 4.79 Å². The van der Waals surface area contributed by atoms with Crippen LogP contribution in [0.5, 0.6) is 0 Å². The zero-order valence-corrected chi connectivity index (χ0v) is 9.78. The molecule has 0 aromatic carbocycles. The highest BCUT2D eigenvalue weighted by molar-refractivity contribution is 5.92. The molecule has 1 heterocycles. The molecule has 1 aliphatic carbocycles. The van der Waals surface area contributed by atoms with Gasteiger partial charge in [-0.15, -0.1) is 0 Å². The zero-order chi connectivity index (χ0) is 11.4. The van der Waals surface area contributed by atoms with Gasteiger partial charge in [-0.2, -0.15) is 5.10 Å². The third-order valence-electron chi connectivity index (χ3n) is 3.07. The molecule has 1 amide bonds. The summed E-state index contributed by atoms with van der Waals surface area (Å²) in [7, 11) is 0. The molecule has 0 saturated heterocycles. The lowest BCUT2D eigenvalue weighted by molar-refractivity contribution is 0.0926. The van der Waals surface area contributed by atoms with Crippen molar-refractivity contribution in [3.63, 3.8) is 0 Å². The first-order chi connectivity index (χ1) is 7.81. The van der Waals surface area contributed by atoms with Gasteiger partial charge in [-0.3, -0.25) is 9.48 Å². The van der Waals surface area contributed by atoms with Crippen LogP contribution in [0.1, 0.15) is 49.5 Å². The summed E-state index contributed by atoms with van der Waals surface area (Å²) in [5.74, 6) is 0.0258. The summed E-state index contributed by atoms with van der Waals surface area (Å²) in [6.07, 6.45) is 7.39. The lowest BCUT2D eigenvalue weighted by Gasteiger charge is -2.12. The minimum atomic E-state index is 0.0258. The van der Waals surface area contributed by atoms with Gasteiger partial charge in [-0.25, -0.2) is 0 Å². The highest BCUT2D eigenvalue weighted by atomic mass is 16.2. The summed E-state index contributed by atoms with van der Waals surface area (Å²) in [5, 5.41) is 7.24. The molecule has 4 nitrogen and oxygen atoms in total. The van der Waals surface area contributed by atoms with E-state index in [1.165, 1.54) is 12.8 Å². The van der Waals surface area contributed by atoms with Crippen LogP contribution >= 0.6 is 0 Å². The predicted octanol–water partition coefficient (Wildman–Crippen LogP) is 1.97. The Morgan fingerprint density at radius 3 is 3.00 bits per heavy atom. The normalized spacial score (nSPS) is 16.6. The summed E-state index contributed by atoms with van der Waals surface area (Å²) < 4.78 is 1.78. The number of carbonyl (C=O) groups excluding carboxylic acids is 1. The first kappa shape index (κ1) is 11.2. The van der Waals surface area contributed by atoms with E-state index in [1.807, 2.05) is 0 Å². The maximum atomic E-state index is 12.0. The number of amides is 1. The monoisotopic (exact) mass is 221 g/mol. The number of carbonyl (C=O) groups is 1. The standard InChI is InChI=1S/C12H19N3O/c1-2-9-15-11(7-8-13-15)12(16)14-10-5-3-4-6-10/h7-8,10H,2-6,9H2,1H3,(H,14,16). The molecule has 88 valence electrons. The van der Waals surface area contributed by atoms with Crippen LogP contribution in [0.2, 0.25) is 0 Å². The van der Waals surface area contributed by atoms with E-state index in [9.17, 15) is 4.79 Å². The highest BCUT2D eigenvalue weighted by Gasteiger charge is 2.19. The van der Waals surface area contributed by atoms with Crippen LogP contribution in [0.4, 0.5) is 0 Å². The fourth-order valence-electron chi connectivity index (χ4n) is 2.25. The first-order valence-electron chi connectivity index (χ1n) is 6.14. The summed E-state index contributed by atoms with van der Waals surface area (Å²) >= 11 is 0. The maximum Gasteiger partial charge on any atom is 0.269 e. The second-order valence-corrected chi connectivity index (χ2v) is 4.39. The largest absolute Gasteiger partial charge is 0.348 e. The van der Waals surface area contributed by atoms with Gasteiger partial charge in [-0.05, 0) is 25.3 Å². The van der Waals surface area contributed by atoms with Crippen LogP contribution in [0.15, 0.2) is 12.3 Å². The van der Waals surface area contributed by atoms with Crippen molar-refractivity contribution in [2.75, 3.05) is 0 Å². The van der Waals surface area contributed by atoms with Crippen LogP contribution in [-0.4, -0.2) is 21.7 Å². The number of aryl methyl sites for hydroxylation is 1. The van der Waals surface area contributed by atoms with Crippen LogP contribution in [0, 0.1) is 0 Å². The number of aromatic nitrogens is 2. The van der Waals surface area contributed by atoms with Crippen molar-refractivity contribution in [3.8, 4) is 0 Å². The van der Waals surface area contributed by atoms with Crippen molar-refractivity contribution in [2.45, 2.75) is 51.6 Å². The minimum Gasteiger partial charge on any atom is -0.348 e. The van der Waals surface area contributed by atoms with Gasteiger partial charge in [0, 0.05) is 18.8 Å². The van der Waals surface area contributed by atoms with Crippen LogP contribution in [-0.2, 0) is 6.54 Å². The van der Waals surface area contributed by atoms with Crippen LogP contribution in [0.25, 0.3) is 0 Å². The molecule has 0 spiro atoms. The van der Waals surface area contributed by atoms with Crippen molar-refractivity contribution in [3.05, 3.63) is 18.0 Å². The molecule has 1 saturated carbocycles. The molecule has 0 unspecified atom stereocenters. The summed E-state index contributed by atoms with van der Waals surface area (Å²) in [6, 6.07) is 2.16. The lowest BCUT2D eigenvalue weighted by atomic mass is 10.2. The fourth-order valence-corrected chi connectivity index (χ4v) is 2.25. The second-order valence-electron chi connectivity index (χ2n) is 4.39. The fraction of sp³-hybridized carbons (Fsp3) is 0.667. The average molecular weight is 221 g/mol. The molecule has 1 fully saturated rings. The Morgan fingerprint density at radius 2 is 2.31 bits per heavy atom. The smallest absolute Gasteiger partial charge is 0.269 e. The van der Waals surface area contributed by atoms with Gasteiger partial charge in [0.2, 0.25) is 0 Å². The molecular formula is C12H19N3O. The Balaban J connectivity index is 1.99. The van der Waals surface area contributed by atoms with E-state index in [1.54, 1.807) is 16.9 Å². The third kappa shape index (κ3) is 2.43. The molecule has 1 aromatic heterocycles. The van der Waals surface area contributed by atoms with Crippen LogP contribution < -0.4 is 5.32 Å². The van der Waals surface area contributed by atoms with E-state index in [4.69, 9.17) is 0 Å². The SMILES string of the molecule is CCCn1nccc1C(=O)NC1CCCC1. The summed E-state index contributed by atoms with van der Waals surface area (Å²) in [6.45, 7) is 2.89. The van der Waals surface area contributed by atoms with Crippen molar-refractivity contribution in [1.29, 1.82) is 0 Å². The lowest BCUT2D eigenvalue weighted by Crippen LogP contribution is -2.34. The molecule has 0 aliphatic heterocycles. The van der Waals surface area contributed by atoms with E-state index < -0.39 is 0 Å². The van der Waals surface area contributed by atoms with E-state index in [2.05, 4.69) is 17.3 Å². The van der Waals surface area contributed by atoms with E-state index in [0.29, 0.717) is 11.7 Å². The molecule has 0 atom stereocenters. The Morgan fingerprint density at radius 1 is 1.56 bits per heavy atom. The molecular weight excluding hydrogens is 202 g/mol. The van der Waals surface area contributed by atoms with Gasteiger partial charge >= 0.3 is 0 Å². The molecule has 1 N–H and O–H groups in total. The number of nitrogens with one attached hydrogen (secondary N) is 1. The molecule has 1 aliphatic rings. The molecule has 2 rings (SSSR count). The van der Waals surface area contributed by atoms with Crippen molar-refractivity contribution >= 4 is 5.91 Å². The van der Waals surface area contributed by atoms with Gasteiger partial charge in [0.1, 0.15) is 5.69 Å². The second kappa shape index (κ2) is 5.14. The number of rotatable bonds is 4. The quantitative estimate of drug-likeness (QED) is 0.845. The van der Waals surface area contributed by atoms with E-state index in [0.717, 1.165) is 25.8 Å². The average Bonchev–Trinajstić information content (AvgIpc) is 2.89.